The summed E-state index contributed by atoms with van der Waals surface area (Å²) in [6.45, 7) is 3.65. The minimum Gasteiger partial charge on any atom is -0.376 e. The summed E-state index contributed by atoms with van der Waals surface area (Å²) in [6.07, 6.45) is 2.66. The van der Waals surface area contributed by atoms with Crippen molar-refractivity contribution in [2.75, 3.05) is 18.5 Å². The maximum absolute atomic E-state index is 5.49. The van der Waals surface area contributed by atoms with Gasteiger partial charge in [-0.05, 0) is 31.9 Å². The highest BCUT2D eigenvalue weighted by Gasteiger charge is 2.14. The monoisotopic (exact) mass is 193 g/mol. The van der Waals surface area contributed by atoms with Gasteiger partial charge in [-0.2, -0.15) is 5.10 Å². The summed E-state index contributed by atoms with van der Waals surface area (Å²) in [5, 5.41) is 11.2. The third-order valence-corrected chi connectivity index (χ3v) is 2.33. The molecule has 1 N–H and O–H groups in total. The number of rotatable bonds is 3. The van der Waals surface area contributed by atoms with Gasteiger partial charge in [0.1, 0.15) is 5.82 Å². The van der Waals surface area contributed by atoms with E-state index in [0.717, 1.165) is 31.1 Å². The molecule has 1 aliphatic heterocycles. The van der Waals surface area contributed by atoms with E-state index in [9.17, 15) is 0 Å². The van der Waals surface area contributed by atoms with Crippen LogP contribution in [0.2, 0.25) is 0 Å². The lowest BCUT2D eigenvalue weighted by Gasteiger charge is -2.10. The molecule has 0 amide bonds. The number of hydrogen-bond donors (Lipinski definition) is 1. The molecule has 0 spiro atoms. The van der Waals surface area contributed by atoms with Crippen molar-refractivity contribution in [1.82, 2.24) is 10.2 Å². The first kappa shape index (κ1) is 9.40. The smallest absolute Gasteiger partial charge is 0.148 e. The number of nitrogens with one attached hydrogen (secondary N) is 1. The summed E-state index contributed by atoms with van der Waals surface area (Å²) in [7, 11) is 0. The van der Waals surface area contributed by atoms with Crippen LogP contribution < -0.4 is 5.32 Å². The summed E-state index contributed by atoms with van der Waals surface area (Å²) in [5.74, 6) is 0.825. The maximum atomic E-state index is 5.49. The Kier molecular flexibility index (Phi) is 2.93. The minimum atomic E-state index is 0.345. The van der Waals surface area contributed by atoms with Crippen LogP contribution in [0.25, 0.3) is 0 Å². The third-order valence-electron chi connectivity index (χ3n) is 2.33. The average molecular weight is 193 g/mol. The zero-order valence-electron chi connectivity index (χ0n) is 8.36. The molecular weight excluding hydrogens is 178 g/mol. The van der Waals surface area contributed by atoms with Gasteiger partial charge in [0, 0.05) is 13.2 Å². The highest BCUT2D eigenvalue weighted by molar-refractivity contribution is 5.32. The van der Waals surface area contributed by atoms with Crippen LogP contribution >= 0.6 is 0 Å². The van der Waals surface area contributed by atoms with Crippen LogP contribution in [0.1, 0.15) is 18.5 Å². The van der Waals surface area contributed by atoms with Gasteiger partial charge in [0.05, 0.1) is 11.8 Å². The van der Waals surface area contributed by atoms with E-state index in [4.69, 9.17) is 4.74 Å². The molecule has 1 aliphatic rings. The van der Waals surface area contributed by atoms with E-state index in [1.54, 1.807) is 0 Å². The van der Waals surface area contributed by atoms with E-state index in [1.165, 1.54) is 6.42 Å². The Morgan fingerprint density at radius 3 is 3.07 bits per heavy atom. The van der Waals surface area contributed by atoms with Gasteiger partial charge in [0.25, 0.3) is 0 Å². The van der Waals surface area contributed by atoms with Gasteiger partial charge < -0.3 is 10.1 Å². The molecule has 0 radical (unpaired) electrons. The molecule has 14 heavy (non-hydrogen) atoms. The SMILES string of the molecule is Cc1ccc(NCC2CCCO2)nn1. The van der Waals surface area contributed by atoms with Crippen molar-refractivity contribution in [2.45, 2.75) is 25.9 Å². The van der Waals surface area contributed by atoms with E-state index >= 15 is 0 Å². The van der Waals surface area contributed by atoms with Crippen LogP contribution in [0.3, 0.4) is 0 Å². The fourth-order valence-corrected chi connectivity index (χ4v) is 1.52. The van der Waals surface area contributed by atoms with Crippen molar-refractivity contribution in [2.24, 2.45) is 0 Å². The Balaban J connectivity index is 1.82. The molecule has 0 aliphatic carbocycles. The summed E-state index contributed by atoms with van der Waals surface area (Å²) in [6, 6.07) is 3.89. The second-order valence-corrected chi connectivity index (χ2v) is 3.58. The molecule has 0 aromatic carbocycles. The summed E-state index contributed by atoms with van der Waals surface area (Å²) < 4.78 is 5.49. The Morgan fingerprint density at radius 2 is 2.43 bits per heavy atom. The maximum Gasteiger partial charge on any atom is 0.148 e. The van der Waals surface area contributed by atoms with E-state index in [0.29, 0.717) is 6.10 Å². The van der Waals surface area contributed by atoms with Gasteiger partial charge in [-0.25, -0.2) is 0 Å². The van der Waals surface area contributed by atoms with Crippen LogP contribution in [-0.4, -0.2) is 29.5 Å². The summed E-state index contributed by atoms with van der Waals surface area (Å²) >= 11 is 0. The third kappa shape index (κ3) is 2.42. The molecule has 4 nitrogen and oxygen atoms in total. The topological polar surface area (TPSA) is 47.0 Å². The molecule has 2 rings (SSSR count). The van der Waals surface area contributed by atoms with Gasteiger partial charge >= 0.3 is 0 Å². The van der Waals surface area contributed by atoms with Crippen molar-refractivity contribution in [3.05, 3.63) is 17.8 Å². The zero-order valence-corrected chi connectivity index (χ0v) is 8.36. The summed E-state index contributed by atoms with van der Waals surface area (Å²) in [4.78, 5) is 0. The average Bonchev–Trinajstić information content (AvgIpc) is 2.70. The van der Waals surface area contributed by atoms with Crippen LogP contribution in [0.5, 0.6) is 0 Å². The van der Waals surface area contributed by atoms with Crippen LogP contribution in [0.4, 0.5) is 5.82 Å². The Labute approximate surface area is 83.7 Å². The van der Waals surface area contributed by atoms with E-state index < -0.39 is 0 Å². The Bertz CT molecular complexity index is 280. The number of aromatic nitrogens is 2. The van der Waals surface area contributed by atoms with Gasteiger partial charge in [-0.3, -0.25) is 0 Å². The van der Waals surface area contributed by atoms with E-state index in [1.807, 2.05) is 19.1 Å². The molecule has 4 heteroatoms. The predicted molar refractivity (Wildman–Crippen MR) is 54.2 cm³/mol. The normalized spacial score (nSPS) is 21.1. The second kappa shape index (κ2) is 4.37. The van der Waals surface area contributed by atoms with Gasteiger partial charge in [-0.1, -0.05) is 0 Å². The fraction of sp³-hybridized carbons (Fsp3) is 0.600. The second-order valence-electron chi connectivity index (χ2n) is 3.58. The van der Waals surface area contributed by atoms with E-state index in [2.05, 4.69) is 15.5 Å². The van der Waals surface area contributed by atoms with Crippen LogP contribution in [0, 0.1) is 6.92 Å². The molecule has 0 saturated carbocycles. The zero-order chi connectivity index (χ0) is 9.80. The first-order valence-corrected chi connectivity index (χ1v) is 5.00. The molecule has 1 aromatic rings. The van der Waals surface area contributed by atoms with Crippen molar-refractivity contribution in [3.8, 4) is 0 Å². The molecule has 2 heterocycles. The number of hydrogen-bond acceptors (Lipinski definition) is 4. The molecule has 1 saturated heterocycles. The molecule has 1 aromatic heterocycles. The molecule has 1 atom stereocenters. The lowest BCUT2D eigenvalue weighted by Crippen LogP contribution is -2.19. The number of nitrogens with zero attached hydrogens (tertiary/aromatic N) is 2. The highest BCUT2D eigenvalue weighted by atomic mass is 16.5. The van der Waals surface area contributed by atoms with Crippen molar-refractivity contribution >= 4 is 5.82 Å². The largest absolute Gasteiger partial charge is 0.376 e. The van der Waals surface area contributed by atoms with Gasteiger partial charge in [-0.15, -0.1) is 5.10 Å². The Hall–Kier alpha value is -1.16. The van der Waals surface area contributed by atoms with Crippen LogP contribution in [0.15, 0.2) is 12.1 Å². The van der Waals surface area contributed by atoms with Gasteiger partial charge in [0.2, 0.25) is 0 Å². The van der Waals surface area contributed by atoms with Crippen molar-refractivity contribution in [1.29, 1.82) is 0 Å². The predicted octanol–water partition coefficient (Wildman–Crippen LogP) is 1.38. The lowest BCUT2D eigenvalue weighted by molar-refractivity contribution is 0.120. The highest BCUT2D eigenvalue weighted by Crippen LogP contribution is 2.12. The first-order chi connectivity index (χ1) is 6.84. The van der Waals surface area contributed by atoms with Crippen molar-refractivity contribution in [3.63, 3.8) is 0 Å². The molecule has 0 bridgehead atoms. The molecule has 1 unspecified atom stereocenters. The van der Waals surface area contributed by atoms with Crippen molar-refractivity contribution < 1.29 is 4.74 Å². The number of aryl methyl sites for hydroxylation is 1. The number of ether oxygens (including phenoxy) is 1. The van der Waals surface area contributed by atoms with E-state index in [-0.39, 0.29) is 0 Å². The quantitative estimate of drug-likeness (QED) is 0.787. The lowest BCUT2D eigenvalue weighted by atomic mass is 10.2. The molecule has 1 fully saturated rings. The van der Waals surface area contributed by atoms with Gasteiger partial charge in [0.15, 0.2) is 0 Å². The standard InChI is InChI=1S/C10H15N3O/c1-8-4-5-10(13-12-8)11-7-9-3-2-6-14-9/h4-5,9H,2-3,6-7H2,1H3,(H,11,13). The number of anilines is 1. The Morgan fingerprint density at radius 1 is 1.50 bits per heavy atom. The molecular formula is C10H15N3O. The minimum absolute atomic E-state index is 0.345. The fourth-order valence-electron chi connectivity index (χ4n) is 1.52. The van der Waals surface area contributed by atoms with Crippen LogP contribution in [-0.2, 0) is 4.74 Å². The molecule has 76 valence electrons. The summed E-state index contributed by atoms with van der Waals surface area (Å²) in [5.41, 5.74) is 0.938. The first-order valence-electron chi connectivity index (χ1n) is 5.00.